The van der Waals surface area contributed by atoms with E-state index in [1.165, 1.54) is 0 Å². The molecule has 3 heterocycles. The number of aromatic nitrogens is 3. The van der Waals surface area contributed by atoms with Crippen molar-refractivity contribution < 1.29 is 9.90 Å². The number of piperidine rings is 1. The van der Waals surface area contributed by atoms with Gasteiger partial charge in [0.2, 0.25) is 5.91 Å². The van der Waals surface area contributed by atoms with Crippen LogP contribution in [0.15, 0.2) is 43.1 Å². The number of hydrogen-bond acceptors (Lipinski definition) is 5. The van der Waals surface area contributed by atoms with Gasteiger partial charge in [0.25, 0.3) is 0 Å². The average molecular weight is 343 g/mol. The van der Waals surface area contributed by atoms with Crippen LogP contribution >= 0.6 is 0 Å². The van der Waals surface area contributed by atoms with Crippen LogP contribution in [0, 0.1) is 0 Å². The van der Waals surface area contributed by atoms with E-state index in [-0.39, 0.29) is 5.91 Å². The highest BCUT2D eigenvalue weighted by Gasteiger charge is 2.35. The third-order valence-corrected chi connectivity index (χ3v) is 4.63. The smallest absolute Gasteiger partial charge is 0.224 e. The van der Waals surface area contributed by atoms with Crippen LogP contribution in [0.3, 0.4) is 0 Å². The summed E-state index contributed by atoms with van der Waals surface area (Å²) in [6.45, 7) is 2.29. The minimum absolute atomic E-state index is 0.0251. The molecule has 0 bridgehead atoms. The lowest BCUT2D eigenvalue weighted by molar-refractivity contribution is -0.133. The van der Waals surface area contributed by atoms with Crippen molar-refractivity contribution in [3.05, 3.63) is 43.1 Å². The number of nitrogens with zero attached hydrogens (tertiary/aromatic N) is 5. The Bertz CT molecular complexity index is 676. The summed E-state index contributed by atoms with van der Waals surface area (Å²) >= 11 is 0. The molecule has 0 unspecified atom stereocenters. The first-order valence-corrected chi connectivity index (χ1v) is 8.64. The fraction of sp³-hybridized carbons (Fsp3) is 0.500. The lowest BCUT2D eigenvalue weighted by Gasteiger charge is -2.41. The highest BCUT2D eigenvalue weighted by Crippen LogP contribution is 2.25. The van der Waals surface area contributed by atoms with Gasteiger partial charge >= 0.3 is 0 Å². The summed E-state index contributed by atoms with van der Waals surface area (Å²) in [7, 11) is 1.76. The normalized spacial score (nSPS) is 20.5. The number of anilines is 1. The van der Waals surface area contributed by atoms with Crippen LogP contribution in [0.4, 0.5) is 5.82 Å². The minimum Gasteiger partial charge on any atom is -0.386 e. The Kier molecular flexibility index (Phi) is 5.33. The molecule has 134 valence electrons. The number of likely N-dealkylation sites (N-methyl/N-ethyl adjacent to an activating group) is 1. The second-order valence-electron chi connectivity index (χ2n) is 6.74. The second-order valence-corrected chi connectivity index (χ2v) is 6.74. The molecule has 0 aliphatic carbocycles. The topological polar surface area (TPSA) is 74.5 Å². The van der Waals surface area contributed by atoms with Gasteiger partial charge in [-0.2, -0.15) is 0 Å². The van der Waals surface area contributed by atoms with Gasteiger partial charge in [0, 0.05) is 51.7 Å². The summed E-state index contributed by atoms with van der Waals surface area (Å²) in [5, 5.41) is 11.0. The number of hydrogen-bond donors (Lipinski definition) is 1. The molecule has 2 aromatic heterocycles. The Labute approximate surface area is 147 Å². The van der Waals surface area contributed by atoms with Gasteiger partial charge in [-0.05, 0) is 25.0 Å². The monoisotopic (exact) mass is 343 g/mol. The first-order valence-electron chi connectivity index (χ1n) is 8.64. The molecule has 7 nitrogen and oxygen atoms in total. The van der Waals surface area contributed by atoms with E-state index in [0.717, 1.165) is 18.8 Å². The predicted octanol–water partition coefficient (Wildman–Crippen LogP) is 1.16. The molecule has 0 saturated carbocycles. The van der Waals surface area contributed by atoms with Crippen molar-refractivity contribution in [2.45, 2.75) is 31.4 Å². The molecule has 1 fully saturated rings. The molecule has 0 radical (unpaired) electrons. The molecule has 25 heavy (non-hydrogen) atoms. The van der Waals surface area contributed by atoms with E-state index in [1.54, 1.807) is 30.7 Å². The molecule has 7 heteroatoms. The number of aryl methyl sites for hydroxylation is 1. The van der Waals surface area contributed by atoms with Gasteiger partial charge in [-0.15, -0.1) is 0 Å². The van der Waals surface area contributed by atoms with E-state index in [2.05, 4.69) is 14.9 Å². The summed E-state index contributed by atoms with van der Waals surface area (Å²) in [4.78, 5) is 24.4. The second kappa shape index (κ2) is 7.65. The van der Waals surface area contributed by atoms with Gasteiger partial charge in [-0.3, -0.25) is 4.79 Å². The number of aliphatic hydroxyl groups is 1. The molecule has 1 N–H and O–H groups in total. The van der Waals surface area contributed by atoms with Crippen LogP contribution in [0.5, 0.6) is 0 Å². The highest BCUT2D eigenvalue weighted by atomic mass is 16.3. The van der Waals surface area contributed by atoms with Crippen molar-refractivity contribution in [2.24, 2.45) is 0 Å². The highest BCUT2D eigenvalue weighted by molar-refractivity contribution is 5.75. The number of imidazole rings is 1. The molecule has 3 rings (SSSR count). The fourth-order valence-corrected chi connectivity index (χ4v) is 3.34. The molecule has 2 aromatic rings. The van der Waals surface area contributed by atoms with Crippen LogP contribution < -0.4 is 4.90 Å². The van der Waals surface area contributed by atoms with Crippen molar-refractivity contribution in [3.63, 3.8) is 0 Å². The molecule has 0 spiro atoms. The maximum Gasteiger partial charge on any atom is 0.224 e. The number of pyridine rings is 1. The average Bonchev–Trinajstić information content (AvgIpc) is 3.13. The zero-order chi connectivity index (χ0) is 17.7. The third-order valence-electron chi connectivity index (χ3n) is 4.63. The van der Waals surface area contributed by atoms with Crippen molar-refractivity contribution in [1.82, 2.24) is 19.4 Å². The molecule has 1 aliphatic heterocycles. The number of amides is 1. The van der Waals surface area contributed by atoms with Crippen molar-refractivity contribution in [1.29, 1.82) is 0 Å². The molecule has 0 aromatic carbocycles. The summed E-state index contributed by atoms with van der Waals surface area (Å²) in [5.41, 5.74) is -0.908. The Morgan fingerprint density at radius 2 is 2.28 bits per heavy atom. The summed E-state index contributed by atoms with van der Waals surface area (Å²) in [6, 6.07) is 5.78. The maximum absolute atomic E-state index is 12.4. The maximum atomic E-state index is 12.4. The van der Waals surface area contributed by atoms with E-state index in [0.29, 0.717) is 32.5 Å². The summed E-state index contributed by atoms with van der Waals surface area (Å²) in [5.74, 6) is 0.895. The molecule has 1 atom stereocenters. The lowest BCUT2D eigenvalue weighted by atomic mass is 9.92. The minimum atomic E-state index is -0.908. The zero-order valence-corrected chi connectivity index (χ0v) is 14.6. The largest absolute Gasteiger partial charge is 0.386 e. The van der Waals surface area contributed by atoms with E-state index in [1.807, 2.05) is 29.0 Å². The van der Waals surface area contributed by atoms with Crippen LogP contribution in [-0.2, 0) is 11.3 Å². The van der Waals surface area contributed by atoms with E-state index in [4.69, 9.17) is 0 Å². The van der Waals surface area contributed by atoms with Crippen molar-refractivity contribution in [3.8, 4) is 0 Å². The Hall–Kier alpha value is -2.41. The molecule has 1 amide bonds. The first kappa shape index (κ1) is 17.4. The molecular formula is C18H25N5O2. The predicted molar refractivity (Wildman–Crippen MR) is 95.1 cm³/mol. The fourth-order valence-electron chi connectivity index (χ4n) is 3.34. The van der Waals surface area contributed by atoms with Crippen LogP contribution in [0.1, 0.15) is 19.3 Å². The SMILES string of the molecule is CN(C[C@]1(O)CCCN(c2ccccn2)C1)C(=O)CCn1ccnc1. The number of rotatable bonds is 6. The van der Waals surface area contributed by atoms with Gasteiger partial charge in [0.15, 0.2) is 0 Å². The summed E-state index contributed by atoms with van der Waals surface area (Å²) < 4.78 is 1.88. The van der Waals surface area contributed by atoms with Crippen LogP contribution in [0.25, 0.3) is 0 Å². The molecular weight excluding hydrogens is 318 g/mol. The van der Waals surface area contributed by atoms with Crippen LogP contribution in [-0.4, -0.2) is 62.7 Å². The zero-order valence-electron chi connectivity index (χ0n) is 14.6. The van der Waals surface area contributed by atoms with E-state index < -0.39 is 5.60 Å². The van der Waals surface area contributed by atoms with E-state index in [9.17, 15) is 9.90 Å². The summed E-state index contributed by atoms with van der Waals surface area (Å²) in [6.07, 6.45) is 8.96. The van der Waals surface area contributed by atoms with Gasteiger partial charge in [-0.1, -0.05) is 6.07 Å². The lowest BCUT2D eigenvalue weighted by Crippen LogP contribution is -2.54. The van der Waals surface area contributed by atoms with Gasteiger partial charge < -0.3 is 19.5 Å². The number of β-amino-alcohol motifs (C(OH)–C–C–N with tert-alkyl or cyclic N) is 1. The Morgan fingerprint density at radius 3 is 3.00 bits per heavy atom. The number of carbonyl (C=O) groups is 1. The Balaban J connectivity index is 1.55. The number of carbonyl (C=O) groups excluding carboxylic acids is 1. The third kappa shape index (κ3) is 4.57. The first-order chi connectivity index (χ1) is 12.1. The quantitative estimate of drug-likeness (QED) is 0.852. The molecule has 1 saturated heterocycles. The standard InChI is InChI=1S/C18H25N5O2/c1-21(17(24)6-11-22-12-9-19-15-22)13-18(25)7-4-10-23(14-18)16-5-2-3-8-20-16/h2-3,5,8-9,12,15,25H,4,6-7,10-11,13-14H2,1H3/t18-/m1/s1. The Morgan fingerprint density at radius 1 is 1.40 bits per heavy atom. The molecule has 1 aliphatic rings. The van der Waals surface area contributed by atoms with Gasteiger partial charge in [0.05, 0.1) is 18.5 Å². The van der Waals surface area contributed by atoms with E-state index >= 15 is 0 Å². The van der Waals surface area contributed by atoms with Crippen molar-refractivity contribution >= 4 is 11.7 Å². The van der Waals surface area contributed by atoms with Gasteiger partial charge in [0.1, 0.15) is 5.82 Å². The van der Waals surface area contributed by atoms with Crippen LogP contribution in [0.2, 0.25) is 0 Å². The van der Waals surface area contributed by atoms with Crippen molar-refractivity contribution in [2.75, 3.05) is 31.6 Å². The van der Waals surface area contributed by atoms with Gasteiger partial charge in [-0.25, -0.2) is 9.97 Å².